The maximum Gasteiger partial charge on any atom is 0.124 e. The summed E-state index contributed by atoms with van der Waals surface area (Å²) in [7, 11) is 0. The number of halogens is 2. The Morgan fingerprint density at radius 2 is 2.22 bits per heavy atom. The van der Waals surface area contributed by atoms with Gasteiger partial charge in [-0.15, -0.1) is 0 Å². The number of nitrogens with one attached hydrogen (secondary N) is 1. The van der Waals surface area contributed by atoms with E-state index < -0.39 is 6.10 Å². The molecule has 1 aromatic heterocycles. The van der Waals surface area contributed by atoms with Crippen molar-refractivity contribution in [3.63, 3.8) is 0 Å². The maximum absolute atomic E-state index is 13.1. The van der Waals surface area contributed by atoms with Gasteiger partial charge in [0.15, 0.2) is 0 Å². The molecule has 0 aliphatic rings. The van der Waals surface area contributed by atoms with Crippen molar-refractivity contribution in [3.05, 3.63) is 56.4 Å². The van der Waals surface area contributed by atoms with Crippen molar-refractivity contribution in [2.45, 2.75) is 12.6 Å². The standard InChI is InChI=1S/C13H13BrFNOS/c14-11-3-9(4-12(15)5-11)6-16-7-13(17)10-1-2-18-8-10/h1-5,8,13,16-17H,6-7H2. The average molecular weight is 330 g/mol. The predicted molar refractivity (Wildman–Crippen MR) is 75.1 cm³/mol. The molecule has 2 aromatic rings. The van der Waals surface area contributed by atoms with Gasteiger partial charge in [-0.3, -0.25) is 0 Å². The third-order valence-corrected chi connectivity index (χ3v) is 3.68. The lowest BCUT2D eigenvalue weighted by Crippen LogP contribution is -2.20. The molecule has 18 heavy (non-hydrogen) atoms. The molecular formula is C13H13BrFNOS. The van der Waals surface area contributed by atoms with Crippen LogP contribution in [0.3, 0.4) is 0 Å². The number of aliphatic hydroxyl groups is 1. The summed E-state index contributed by atoms with van der Waals surface area (Å²) in [5.74, 6) is -0.264. The van der Waals surface area contributed by atoms with E-state index in [0.29, 0.717) is 13.1 Å². The van der Waals surface area contributed by atoms with E-state index in [9.17, 15) is 9.50 Å². The van der Waals surface area contributed by atoms with E-state index in [1.165, 1.54) is 12.1 Å². The van der Waals surface area contributed by atoms with Gasteiger partial charge in [0.05, 0.1) is 6.10 Å². The maximum atomic E-state index is 13.1. The fraction of sp³-hybridized carbons (Fsp3) is 0.231. The Balaban J connectivity index is 1.85. The van der Waals surface area contributed by atoms with E-state index in [-0.39, 0.29) is 5.82 Å². The first kappa shape index (κ1) is 13.7. The van der Waals surface area contributed by atoms with Crippen LogP contribution in [-0.2, 0) is 6.54 Å². The Morgan fingerprint density at radius 3 is 2.89 bits per heavy atom. The number of hydrogen-bond acceptors (Lipinski definition) is 3. The highest BCUT2D eigenvalue weighted by molar-refractivity contribution is 9.10. The molecule has 1 atom stereocenters. The summed E-state index contributed by atoms with van der Waals surface area (Å²) in [5, 5.41) is 16.8. The zero-order chi connectivity index (χ0) is 13.0. The largest absolute Gasteiger partial charge is 0.387 e. The minimum atomic E-state index is -0.520. The second kappa shape index (κ2) is 6.43. The zero-order valence-electron chi connectivity index (χ0n) is 9.57. The molecule has 2 rings (SSSR count). The molecule has 96 valence electrons. The predicted octanol–water partition coefficient (Wildman–Crippen LogP) is 3.47. The smallest absolute Gasteiger partial charge is 0.124 e. The normalized spacial score (nSPS) is 12.6. The van der Waals surface area contributed by atoms with Gasteiger partial charge in [0.2, 0.25) is 0 Å². The molecule has 0 saturated carbocycles. The van der Waals surface area contributed by atoms with E-state index in [2.05, 4.69) is 21.2 Å². The Morgan fingerprint density at radius 1 is 1.39 bits per heavy atom. The Labute approximate surface area is 118 Å². The summed E-state index contributed by atoms with van der Waals surface area (Å²) >= 11 is 4.81. The number of thiophene rings is 1. The molecule has 1 heterocycles. The van der Waals surface area contributed by atoms with Crippen LogP contribution < -0.4 is 5.32 Å². The summed E-state index contributed by atoms with van der Waals surface area (Å²) in [6.07, 6.45) is -0.520. The molecule has 0 saturated heterocycles. The van der Waals surface area contributed by atoms with Gasteiger partial charge < -0.3 is 10.4 Å². The molecule has 5 heteroatoms. The fourth-order valence-electron chi connectivity index (χ4n) is 1.65. The van der Waals surface area contributed by atoms with Gasteiger partial charge in [-0.2, -0.15) is 11.3 Å². The third-order valence-electron chi connectivity index (χ3n) is 2.52. The lowest BCUT2D eigenvalue weighted by Gasteiger charge is -2.10. The molecule has 0 radical (unpaired) electrons. The van der Waals surface area contributed by atoms with E-state index in [4.69, 9.17) is 0 Å². The Bertz CT molecular complexity index is 483. The van der Waals surface area contributed by atoms with E-state index in [0.717, 1.165) is 15.6 Å². The third kappa shape index (κ3) is 3.88. The van der Waals surface area contributed by atoms with Crippen molar-refractivity contribution >= 4 is 27.3 Å². The van der Waals surface area contributed by atoms with Crippen LogP contribution in [0.5, 0.6) is 0 Å². The topological polar surface area (TPSA) is 32.3 Å². The van der Waals surface area contributed by atoms with Crippen LogP contribution in [0.2, 0.25) is 0 Å². The van der Waals surface area contributed by atoms with Crippen LogP contribution in [0.25, 0.3) is 0 Å². The quantitative estimate of drug-likeness (QED) is 0.880. The first-order valence-electron chi connectivity index (χ1n) is 5.51. The highest BCUT2D eigenvalue weighted by Gasteiger charge is 2.07. The van der Waals surface area contributed by atoms with Crippen LogP contribution in [0, 0.1) is 5.82 Å². The van der Waals surface area contributed by atoms with E-state index in [1.807, 2.05) is 22.9 Å². The number of benzene rings is 1. The van der Waals surface area contributed by atoms with Crippen LogP contribution in [0.1, 0.15) is 17.2 Å². The Kier molecular flexibility index (Phi) is 4.88. The summed E-state index contributed by atoms with van der Waals surface area (Å²) in [6.45, 7) is 0.975. The van der Waals surface area contributed by atoms with Crippen LogP contribution in [0.4, 0.5) is 4.39 Å². The van der Waals surface area contributed by atoms with E-state index in [1.54, 1.807) is 11.3 Å². The first-order chi connectivity index (χ1) is 8.65. The van der Waals surface area contributed by atoms with Crippen LogP contribution in [-0.4, -0.2) is 11.7 Å². The van der Waals surface area contributed by atoms with Gasteiger partial charge in [0, 0.05) is 17.6 Å². The second-order valence-electron chi connectivity index (χ2n) is 3.98. The van der Waals surface area contributed by atoms with Crippen molar-refractivity contribution in [1.29, 1.82) is 0 Å². The molecule has 0 amide bonds. The summed E-state index contributed by atoms with van der Waals surface area (Å²) < 4.78 is 13.9. The van der Waals surface area contributed by atoms with Gasteiger partial charge in [-0.1, -0.05) is 15.9 Å². The Hall–Kier alpha value is -0.750. The fourth-order valence-corrected chi connectivity index (χ4v) is 2.87. The van der Waals surface area contributed by atoms with Gasteiger partial charge in [0.25, 0.3) is 0 Å². The van der Waals surface area contributed by atoms with E-state index >= 15 is 0 Å². The van der Waals surface area contributed by atoms with Crippen LogP contribution in [0.15, 0.2) is 39.5 Å². The molecule has 0 spiro atoms. The molecule has 0 fully saturated rings. The molecule has 1 aromatic carbocycles. The molecule has 0 aliphatic carbocycles. The molecule has 0 aliphatic heterocycles. The lowest BCUT2D eigenvalue weighted by atomic mass is 10.2. The number of hydrogen-bond donors (Lipinski definition) is 2. The van der Waals surface area contributed by atoms with Crippen molar-refractivity contribution in [1.82, 2.24) is 5.32 Å². The van der Waals surface area contributed by atoms with Crippen molar-refractivity contribution in [3.8, 4) is 0 Å². The molecule has 2 N–H and O–H groups in total. The average Bonchev–Trinajstić information content (AvgIpc) is 2.80. The van der Waals surface area contributed by atoms with Crippen LogP contribution >= 0.6 is 27.3 Å². The highest BCUT2D eigenvalue weighted by Crippen LogP contribution is 2.16. The molecule has 1 unspecified atom stereocenters. The van der Waals surface area contributed by atoms with Gasteiger partial charge in [-0.25, -0.2) is 4.39 Å². The number of aliphatic hydroxyl groups excluding tert-OH is 1. The zero-order valence-corrected chi connectivity index (χ0v) is 12.0. The molecular weight excluding hydrogens is 317 g/mol. The monoisotopic (exact) mass is 329 g/mol. The second-order valence-corrected chi connectivity index (χ2v) is 5.68. The SMILES string of the molecule is OC(CNCc1cc(F)cc(Br)c1)c1ccsc1. The van der Waals surface area contributed by atoms with Crippen molar-refractivity contribution in [2.24, 2.45) is 0 Å². The molecule has 0 bridgehead atoms. The van der Waals surface area contributed by atoms with Gasteiger partial charge in [-0.05, 0) is 46.2 Å². The summed E-state index contributed by atoms with van der Waals surface area (Å²) in [4.78, 5) is 0. The lowest BCUT2D eigenvalue weighted by molar-refractivity contribution is 0.175. The summed E-state index contributed by atoms with van der Waals surface area (Å²) in [5.41, 5.74) is 1.76. The van der Waals surface area contributed by atoms with Gasteiger partial charge in [0.1, 0.15) is 5.82 Å². The minimum absolute atomic E-state index is 0.264. The van der Waals surface area contributed by atoms with Gasteiger partial charge >= 0.3 is 0 Å². The first-order valence-corrected chi connectivity index (χ1v) is 7.24. The number of rotatable bonds is 5. The summed E-state index contributed by atoms with van der Waals surface area (Å²) in [6, 6.07) is 6.65. The highest BCUT2D eigenvalue weighted by atomic mass is 79.9. The van der Waals surface area contributed by atoms with Crippen molar-refractivity contribution in [2.75, 3.05) is 6.54 Å². The minimum Gasteiger partial charge on any atom is -0.387 e. The molecule has 2 nitrogen and oxygen atoms in total. The van der Waals surface area contributed by atoms with Crippen molar-refractivity contribution < 1.29 is 9.50 Å².